The summed E-state index contributed by atoms with van der Waals surface area (Å²) in [5.41, 5.74) is 3.96. The molecule has 2 rings (SSSR count). The van der Waals surface area contributed by atoms with E-state index in [9.17, 15) is 4.79 Å². The molecule has 0 spiro atoms. The van der Waals surface area contributed by atoms with Crippen LogP contribution in [-0.2, 0) is 22.1 Å². The molecule has 0 heterocycles. The lowest BCUT2D eigenvalue weighted by atomic mass is 10.00. The zero-order valence-electron chi connectivity index (χ0n) is 19.4. The number of hydrogen-bond acceptors (Lipinski definition) is 3. The first kappa shape index (κ1) is 23.3. The largest absolute Gasteiger partial charge is 0.413 e. The minimum absolute atomic E-state index is 0.0813. The Bertz CT molecular complexity index is 778. The molecule has 0 aromatic heterocycles. The second-order valence-electron chi connectivity index (χ2n) is 11.0. The molecule has 0 atom stereocenters. The van der Waals surface area contributed by atoms with E-state index in [4.69, 9.17) is 8.85 Å². The molecule has 156 valence electrons. The molecule has 3 nitrogen and oxygen atoms in total. The molecule has 0 fully saturated rings. The van der Waals surface area contributed by atoms with Crippen molar-refractivity contribution in [2.45, 2.75) is 91.0 Å². The molecule has 0 bridgehead atoms. The number of carbonyl (C=O) groups is 1. The van der Waals surface area contributed by atoms with Crippen molar-refractivity contribution in [3.8, 4) is 0 Å². The molecule has 1 aliphatic rings. The van der Waals surface area contributed by atoms with Gasteiger partial charge in [0.15, 0.2) is 22.4 Å². The van der Waals surface area contributed by atoms with Gasteiger partial charge in [-0.05, 0) is 71.2 Å². The summed E-state index contributed by atoms with van der Waals surface area (Å²) >= 11 is 0. The van der Waals surface area contributed by atoms with Gasteiger partial charge in [0.25, 0.3) is 0 Å². The quantitative estimate of drug-likeness (QED) is 0.469. The first-order valence-corrected chi connectivity index (χ1v) is 16.0. The van der Waals surface area contributed by atoms with Crippen molar-refractivity contribution in [1.29, 1.82) is 0 Å². The molecule has 0 aliphatic heterocycles. The molecule has 1 aromatic carbocycles. The van der Waals surface area contributed by atoms with Crippen molar-refractivity contribution < 1.29 is 13.6 Å². The highest BCUT2D eigenvalue weighted by atomic mass is 28.4. The van der Waals surface area contributed by atoms with E-state index in [1.54, 1.807) is 6.08 Å². The van der Waals surface area contributed by atoms with E-state index in [-0.39, 0.29) is 15.9 Å². The van der Waals surface area contributed by atoms with Gasteiger partial charge in [0.05, 0.1) is 13.2 Å². The number of carbonyl (C=O) groups excluding carboxylic acids is 1. The molecule has 0 saturated heterocycles. The summed E-state index contributed by atoms with van der Waals surface area (Å²) in [5.74, 6) is 0.0813. The second kappa shape index (κ2) is 7.67. The Morgan fingerprint density at radius 2 is 1.29 bits per heavy atom. The van der Waals surface area contributed by atoms with Crippen LogP contribution in [0.25, 0.3) is 6.08 Å². The Hall–Kier alpha value is -1.02. The third kappa shape index (κ3) is 4.93. The maximum absolute atomic E-state index is 12.3. The van der Waals surface area contributed by atoms with Crippen molar-refractivity contribution in [3.63, 3.8) is 0 Å². The summed E-state index contributed by atoms with van der Waals surface area (Å²) in [6.07, 6.45) is 3.60. The van der Waals surface area contributed by atoms with Crippen LogP contribution in [0, 0.1) is 0 Å². The standard InChI is InChI=1S/C23H38O3Si2/c1-22(2,3)27(7,8)25-15-17-13-18(16-26-28(9,10)23(4,5)6)19-11-12-21(24)20(19)14-17/h11-14H,15-16H2,1-10H3. The molecule has 0 amide bonds. The topological polar surface area (TPSA) is 35.5 Å². The van der Waals surface area contributed by atoms with Gasteiger partial charge >= 0.3 is 0 Å². The molecule has 1 aromatic rings. The van der Waals surface area contributed by atoms with Gasteiger partial charge in [0.1, 0.15) is 0 Å². The van der Waals surface area contributed by atoms with E-state index in [0.717, 1.165) is 22.3 Å². The number of fused-ring (bicyclic) bond motifs is 1. The summed E-state index contributed by atoms with van der Waals surface area (Å²) in [6, 6.07) is 4.17. The van der Waals surface area contributed by atoms with Crippen molar-refractivity contribution in [3.05, 3.63) is 40.5 Å². The van der Waals surface area contributed by atoms with E-state index < -0.39 is 16.6 Å². The number of hydrogen-bond donors (Lipinski definition) is 0. The monoisotopic (exact) mass is 418 g/mol. The van der Waals surface area contributed by atoms with Gasteiger partial charge in [-0.3, -0.25) is 4.79 Å². The Balaban J connectivity index is 2.28. The number of benzene rings is 1. The van der Waals surface area contributed by atoms with Crippen LogP contribution in [0.2, 0.25) is 36.3 Å². The fourth-order valence-corrected chi connectivity index (χ4v) is 4.50. The Kier molecular flexibility index (Phi) is 6.37. The lowest BCUT2D eigenvalue weighted by Gasteiger charge is -2.36. The summed E-state index contributed by atoms with van der Waals surface area (Å²) in [4.78, 5) is 12.3. The van der Waals surface area contributed by atoms with Crippen LogP contribution in [0.3, 0.4) is 0 Å². The summed E-state index contributed by atoms with van der Waals surface area (Å²) in [5, 5.41) is 0.320. The van der Waals surface area contributed by atoms with Gasteiger partial charge in [0, 0.05) is 5.56 Å². The molecular formula is C23H38O3Si2. The van der Waals surface area contributed by atoms with Crippen LogP contribution in [0.1, 0.15) is 68.6 Å². The van der Waals surface area contributed by atoms with Crippen LogP contribution in [0.15, 0.2) is 18.2 Å². The van der Waals surface area contributed by atoms with Crippen LogP contribution in [-0.4, -0.2) is 22.4 Å². The normalized spacial score (nSPS) is 15.3. The molecular weight excluding hydrogens is 380 g/mol. The van der Waals surface area contributed by atoms with Gasteiger partial charge < -0.3 is 8.85 Å². The molecule has 0 radical (unpaired) electrons. The van der Waals surface area contributed by atoms with E-state index in [0.29, 0.717) is 13.2 Å². The lowest BCUT2D eigenvalue weighted by Crippen LogP contribution is -2.40. The minimum Gasteiger partial charge on any atom is -0.413 e. The van der Waals surface area contributed by atoms with Crippen LogP contribution < -0.4 is 0 Å². The second-order valence-corrected chi connectivity index (χ2v) is 20.6. The van der Waals surface area contributed by atoms with Crippen molar-refractivity contribution in [2.75, 3.05) is 0 Å². The van der Waals surface area contributed by atoms with E-state index in [1.165, 1.54) is 0 Å². The first-order valence-electron chi connectivity index (χ1n) is 10.2. The average molecular weight is 419 g/mol. The zero-order chi connectivity index (χ0) is 21.5. The molecule has 5 heteroatoms. The minimum atomic E-state index is -1.86. The van der Waals surface area contributed by atoms with Crippen LogP contribution >= 0.6 is 0 Å². The number of rotatable bonds is 6. The number of allylic oxidation sites excluding steroid dienone is 1. The molecule has 0 saturated carbocycles. The zero-order valence-corrected chi connectivity index (χ0v) is 21.4. The smallest absolute Gasteiger partial charge is 0.192 e. The highest BCUT2D eigenvalue weighted by molar-refractivity contribution is 6.74. The predicted octanol–water partition coefficient (Wildman–Crippen LogP) is 6.94. The third-order valence-corrected chi connectivity index (χ3v) is 15.7. The van der Waals surface area contributed by atoms with Crippen LogP contribution in [0.4, 0.5) is 0 Å². The Morgan fingerprint density at radius 1 is 0.786 bits per heavy atom. The molecule has 0 N–H and O–H groups in total. The van der Waals surface area contributed by atoms with Crippen molar-refractivity contribution in [2.24, 2.45) is 0 Å². The highest BCUT2D eigenvalue weighted by Crippen LogP contribution is 2.39. The Morgan fingerprint density at radius 3 is 1.79 bits per heavy atom. The summed E-state index contributed by atoms with van der Waals surface area (Å²) in [7, 11) is -3.71. The number of ketones is 1. The average Bonchev–Trinajstić information content (AvgIpc) is 2.90. The van der Waals surface area contributed by atoms with Crippen LogP contribution in [0.5, 0.6) is 0 Å². The van der Waals surface area contributed by atoms with Gasteiger partial charge in [-0.1, -0.05) is 47.6 Å². The predicted molar refractivity (Wildman–Crippen MR) is 124 cm³/mol. The molecule has 0 unspecified atom stereocenters. The summed E-state index contributed by atoms with van der Waals surface area (Å²) < 4.78 is 12.9. The van der Waals surface area contributed by atoms with Crippen molar-refractivity contribution >= 4 is 28.5 Å². The first-order chi connectivity index (χ1) is 12.6. The SMILES string of the molecule is CC(C)(C)[Si](C)(C)OCc1cc(CO[Si](C)(C)C(C)(C)C)c2c(c1)C(=O)C=C2. The molecule has 1 aliphatic carbocycles. The van der Waals surface area contributed by atoms with Gasteiger partial charge in [-0.2, -0.15) is 0 Å². The third-order valence-electron chi connectivity index (χ3n) is 6.79. The maximum atomic E-state index is 12.3. The van der Waals surface area contributed by atoms with E-state index >= 15 is 0 Å². The highest BCUT2D eigenvalue weighted by Gasteiger charge is 2.38. The summed E-state index contributed by atoms with van der Waals surface area (Å²) in [6.45, 7) is 23.6. The van der Waals surface area contributed by atoms with E-state index in [2.05, 4.69) is 73.8 Å². The van der Waals surface area contributed by atoms with E-state index in [1.807, 2.05) is 12.1 Å². The lowest BCUT2D eigenvalue weighted by molar-refractivity contribution is 0.105. The van der Waals surface area contributed by atoms with Gasteiger partial charge in [-0.15, -0.1) is 0 Å². The molecule has 28 heavy (non-hydrogen) atoms. The van der Waals surface area contributed by atoms with Gasteiger partial charge in [0.2, 0.25) is 0 Å². The fraction of sp³-hybridized carbons (Fsp3) is 0.609. The fourth-order valence-electron chi connectivity index (χ4n) is 2.59. The maximum Gasteiger partial charge on any atom is 0.192 e. The van der Waals surface area contributed by atoms with Gasteiger partial charge in [-0.25, -0.2) is 0 Å². The van der Waals surface area contributed by atoms with Crippen molar-refractivity contribution in [1.82, 2.24) is 0 Å². The Labute approximate surface area is 173 Å².